The SMILES string of the molecule is C=C(Cl)CS(=O)(=O)NC[C@@H]1CCCN1S(=O)(=O)c1ccc(CC(=O)NCc2ccc(C(F)(F)F)cc2)cc1. The van der Waals surface area contributed by atoms with E-state index in [0.29, 0.717) is 24.0 Å². The Morgan fingerprint density at radius 3 is 2.21 bits per heavy atom. The second kappa shape index (κ2) is 12.2. The Bertz CT molecular complexity index is 1360. The Morgan fingerprint density at radius 1 is 1.03 bits per heavy atom. The summed E-state index contributed by atoms with van der Waals surface area (Å²) in [5.41, 5.74) is 0.269. The number of hydrogen-bond donors (Lipinski definition) is 2. The van der Waals surface area contributed by atoms with Crippen molar-refractivity contribution in [3.8, 4) is 0 Å². The van der Waals surface area contributed by atoms with Crippen molar-refractivity contribution in [2.75, 3.05) is 18.8 Å². The molecule has 1 amide bonds. The second-order valence-electron chi connectivity index (χ2n) is 8.83. The average Bonchev–Trinajstić information content (AvgIpc) is 3.31. The van der Waals surface area contributed by atoms with E-state index < -0.39 is 43.6 Å². The zero-order chi connectivity index (χ0) is 28.1. The van der Waals surface area contributed by atoms with Crippen molar-refractivity contribution in [3.63, 3.8) is 0 Å². The highest BCUT2D eigenvalue weighted by molar-refractivity contribution is 7.89. The highest BCUT2D eigenvalue weighted by Gasteiger charge is 2.36. The summed E-state index contributed by atoms with van der Waals surface area (Å²) >= 11 is 5.57. The van der Waals surface area contributed by atoms with Crippen LogP contribution in [0.3, 0.4) is 0 Å². The van der Waals surface area contributed by atoms with Gasteiger partial charge in [-0.15, -0.1) is 0 Å². The first-order chi connectivity index (χ1) is 17.7. The van der Waals surface area contributed by atoms with Crippen LogP contribution in [0.4, 0.5) is 13.2 Å². The van der Waals surface area contributed by atoms with E-state index in [1.807, 2.05) is 0 Å². The van der Waals surface area contributed by atoms with Crippen molar-refractivity contribution in [1.82, 2.24) is 14.3 Å². The molecule has 1 fully saturated rings. The van der Waals surface area contributed by atoms with Gasteiger partial charge >= 0.3 is 6.18 Å². The van der Waals surface area contributed by atoms with E-state index in [4.69, 9.17) is 11.6 Å². The predicted molar refractivity (Wildman–Crippen MR) is 137 cm³/mol. The molecule has 0 spiro atoms. The van der Waals surface area contributed by atoms with Gasteiger partial charge in [0, 0.05) is 30.7 Å². The first kappa shape index (κ1) is 30.1. The van der Waals surface area contributed by atoms with E-state index in [2.05, 4.69) is 16.6 Å². The number of halogens is 4. The van der Waals surface area contributed by atoms with Crippen molar-refractivity contribution in [2.24, 2.45) is 0 Å². The van der Waals surface area contributed by atoms with Crippen LogP contribution in [0.15, 0.2) is 65.0 Å². The van der Waals surface area contributed by atoms with Gasteiger partial charge in [0.05, 0.1) is 22.6 Å². The van der Waals surface area contributed by atoms with Gasteiger partial charge in [0.1, 0.15) is 0 Å². The lowest BCUT2D eigenvalue weighted by Gasteiger charge is -2.24. The zero-order valence-corrected chi connectivity index (χ0v) is 22.6. The lowest BCUT2D eigenvalue weighted by molar-refractivity contribution is -0.137. The molecule has 0 bridgehead atoms. The molecule has 2 aromatic rings. The fourth-order valence-electron chi connectivity index (χ4n) is 3.98. The quantitative estimate of drug-likeness (QED) is 0.415. The summed E-state index contributed by atoms with van der Waals surface area (Å²) in [6.45, 7) is 3.54. The summed E-state index contributed by atoms with van der Waals surface area (Å²) in [6, 6.07) is 9.66. The number of hydrogen-bond acceptors (Lipinski definition) is 5. The molecule has 0 aromatic heterocycles. The van der Waals surface area contributed by atoms with Gasteiger partial charge in [-0.25, -0.2) is 21.6 Å². The fourth-order valence-corrected chi connectivity index (χ4v) is 7.07. The number of benzene rings is 2. The maximum atomic E-state index is 13.2. The Morgan fingerprint density at radius 2 is 1.63 bits per heavy atom. The van der Waals surface area contributed by atoms with E-state index >= 15 is 0 Å². The molecule has 2 aromatic carbocycles. The number of rotatable bonds is 11. The molecule has 1 heterocycles. The van der Waals surface area contributed by atoms with Crippen molar-refractivity contribution in [2.45, 2.75) is 42.9 Å². The number of sulfonamides is 2. The van der Waals surface area contributed by atoms with Gasteiger partial charge < -0.3 is 5.32 Å². The Hall–Kier alpha value is -2.45. The summed E-state index contributed by atoms with van der Waals surface area (Å²) < 4.78 is 92.0. The molecule has 2 N–H and O–H groups in total. The van der Waals surface area contributed by atoms with Gasteiger partial charge in [-0.3, -0.25) is 4.79 Å². The van der Waals surface area contributed by atoms with Crippen LogP contribution in [0.2, 0.25) is 0 Å². The Balaban J connectivity index is 1.57. The minimum Gasteiger partial charge on any atom is -0.352 e. The van der Waals surface area contributed by atoms with Crippen LogP contribution in [0.1, 0.15) is 29.5 Å². The van der Waals surface area contributed by atoms with Crippen molar-refractivity contribution in [1.29, 1.82) is 0 Å². The standard InChI is InChI=1S/C24H27ClF3N3O5S2/c1-17(25)16-37(33,34)30-15-21-3-2-12-31(21)38(35,36)22-10-6-18(7-11-22)13-23(32)29-14-19-4-8-20(9-5-19)24(26,27)28/h4-11,21,30H,1-3,12-16H2,(H,29,32)/t21-/m0/s1. The number of alkyl halides is 3. The molecule has 1 saturated heterocycles. The third-order valence-electron chi connectivity index (χ3n) is 5.87. The van der Waals surface area contributed by atoms with Gasteiger partial charge in [0.25, 0.3) is 0 Å². The molecule has 1 aliphatic heterocycles. The van der Waals surface area contributed by atoms with Gasteiger partial charge in [-0.1, -0.05) is 42.4 Å². The first-order valence-corrected chi connectivity index (χ1v) is 15.0. The third kappa shape index (κ3) is 8.27. The van der Waals surface area contributed by atoms with Gasteiger partial charge in [0.15, 0.2) is 0 Å². The van der Waals surface area contributed by atoms with Gasteiger partial charge in [0.2, 0.25) is 26.0 Å². The molecule has 1 aliphatic rings. The first-order valence-electron chi connectivity index (χ1n) is 11.5. The minimum absolute atomic E-state index is 0.00954. The molecule has 0 radical (unpaired) electrons. The molecule has 208 valence electrons. The molecule has 3 rings (SSSR count). The van der Waals surface area contributed by atoms with E-state index in [1.54, 1.807) is 0 Å². The van der Waals surface area contributed by atoms with E-state index in [1.165, 1.54) is 40.7 Å². The van der Waals surface area contributed by atoms with Crippen LogP contribution in [0.5, 0.6) is 0 Å². The lowest BCUT2D eigenvalue weighted by atomic mass is 10.1. The van der Waals surface area contributed by atoms with Crippen molar-refractivity contribution in [3.05, 3.63) is 76.8 Å². The van der Waals surface area contributed by atoms with Crippen LogP contribution in [0, 0.1) is 0 Å². The highest BCUT2D eigenvalue weighted by atomic mass is 35.5. The van der Waals surface area contributed by atoms with Crippen molar-refractivity contribution < 1.29 is 34.8 Å². The van der Waals surface area contributed by atoms with Gasteiger partial charge in [-0.2, -0.15) is 17.5 Å². The number of nitrogens with zero attached hydrogens (tertiary/aromatic N) is 1. The molecule has 38 heavy (non-hydrogen) atoms. The maximum Gasteiger partial charge on any atom is 0.416 e. The normalized spacial score (nSPS) is 16.9. The summed E-state index contributed by atoms with van der Waals surface area (Å²) in [5, 5.41) is 2.57. The van der Waals surface area contributed by atoms with E-state index in [-0.39, 0.29) is 41.9 Å². The summed E-state index contributed by atoms with van der Waals surface area (Å²) in [4.78, 5) is 12.3. The van der Waals surface area contributed by atoms with Crippen LogP contribution in [-0.2, 0) is 44.0 Å². The smallest absolute Gasteiger partial charge is 0.352 e. The Kier molecular flexibility index (Phi) is 9.63. The lowest BCUT2D eigenvalue weighted by Crippen LogP contribution is -2.43. The molecule has 0 unspecified atom stereocenters. The van der Waals surface area contributed by atoms with Crippen LogP contribution in [0.25, 0.3) is 0 Å². The molecule has 0 saturated carbocycles. The monoisotopic (exact) mass is 593 g/mol. The maximum absolute atomic E-state index is 13.2. The number of amides is 1. The fraction of sp³-hybridized carbons (Fsp3) is 0.375. The zero-order valence-electron chi connectivity index (χ0n) is 20.2. The number of carbonyl (C=O) groups is 1. The minimum atomic E-state index is -4.44. The summed E-state index contributed by atoms with van der Waals surface area (Å²) in [6.07, 6.45) is -3.43. The van der Waals surface area contributed by atoms with Crippen molar-refractivity contribution >= 4 is 37.6 Å². The third-order valence-corrected chi connectivity index (χ3v) is 9.47. The topological polar surface area (TPSA) is 113 Å². The number of nitrogens with one attached hydrogen (secondary N) is 2. The molecular weight excluding hydrogens is 567 g/mol. The van der Waals surface area contributed by atoms with Crippen LogP contribution >= 0.6 is 11.6 Å². The number of carbonyl (C=O) groups excluding carboxylic acids is 1. The summed E-state index contributed by atoms with van der Waals surface area (Å²) in [7, 11) is -7.65. The molecule has 8 nitrogen and oxygen atoms in total. The molecule has 1 atom stereocenters. The van der Waals surface area contributed by atoms with Gasteiger partial charge in [-0.05, 0) is 48.2 Å². The highest BCUT2D eigenvalue weighted by Crippen LogP contribution is 2.29. The van der Waals surface area contributed by atoms with Crippen LogP contribution in [-0.4, -0.2) is 51.9 Å². The predicted octanol–water partition coefficient (Wildman–Crippen LogP) is 3.39. The molecule has 14 heteroatoms. The molecular formula is C24H27ClF3N3O5S2. The Labute approximate surface area is 225 Å². The molecule has 0 aliphatic carbocycles. The van der Waals surface area contributed by atoms with Crippen LogP contribution < -0.4 is 10.0 Å². The van der Waals surface area contributed by atoms with E-state index in [0.717, 1.165) is 12.1 Å². The van der Waals surface area contributed by atoms with E-state index in [9.17, 15) is 34.8 Å². The largest absolute Gasteiger partial charge is 0.416 e. The summed E-state index contributed by atoms with van der Waals surface area (Å²) in [5.74, 6) is -0.847. The second-order valence-corrected chi connectivity index (χ2v) is 13.1. The average molecular weight is 594 g/mol.